The van der Waals surface area contributed by atoms with Crippen molar-refractivity contribution in [1.82, 2.24) is 0 Å². The Hall–Kier alpha value is -0.530. The predicted octanol–water partition coefficient (Wildman–Crippen LogP) is 4.46. The van der Waals surface area contributed by atoms with Gasteiger partial charge in [0.25, 0.3) is 0 Å². The Morgan fingerprint density at radius 2 is 2.00 bits per heavy atom. The van der Waals surface area contributed by atoms with E-state index in [0.717, 1.165) is 29.8 Å². The topological polar surface area (TPSA) is 20.2 Å². The van der Waals surface area contributed by atoms with E-state index in [-0.39, 0.29) is 6.10 Å². The summed E-state index contributed by atoms with van der Waals surface area (Å²) in [7, 11) is 0. The predicted molar refractivity (Wildman–Crippen MR) is 74.5 cm³/mol. The Morgan fingerprint density at radius 1 is 1.29 bits per heavy atom. The lowest BCUT2D eigenvalue weighted by molar-refractivity contribution is 0.156. The largest absolute Gasteiger partial charge is 0.393 e. The summed E-state index contributed by atoms with van der Waals surface area (Å²) < 4.78 is 0. The average Bonchev–Trinajstić information content (AvgIpc) is 2.15. The van der Waals surface area contributed by atoms with Crippen LogP contribution in [0.5, 0.6) is 0 Å². The van der Waals surface area contributed by atoms with Crippen LogP contribution in [0.3, 0.4) is 0 Å². The van der Waals surface area contributed by atoms with Crippen molar-refractivity contribution in [2.45, 2.75) is 52.6 Å². The van der Waals surface area contributed by atoms with Crippen LogP contribution in [0, 0.1) is 5.41 Å². The maximum absolute atomic E-state index is 9.95. The van der Waals surface area contributed by atoms with Gasteiger partial charge in [-0.25, -0.2) is 0 Å². The zero-order chi connectivity index (χ0) is 12.9. The molecule has 1 aromatic carbocycles. The van der Waals surface area contributed by atoms with E-state index in [9.17, 15) is 5.11 Å². The van der Waals surface area contributed by atoms with Gasteiger partial charge in [0.05, 0.1) is 6.10 Å². The number of aliphatic hydroxyl groups is 1. The van der Waals surface area contributed by atoms with Gasteiger partial charge in [-0.1, -0.05) is 50.9 Å². The standard InChI is InChI=1S/C15H23ClO/c1-15(2,3)9-5-8-14(17)11-12-6-4-7-13(16)10-12/h4,6-7,10,14,17H,5,8-9,11H2,1-3H3. The minimum atomic E-state index is -0.254. The Labute approximate surface area is 110 Å². The molecular formula is C15H23ClO. The number of rotatable bonds is 5. The van der Waals surface area contributed by atoms with Crippen LogP contribution in [-0.4, -0.2) is 11.2 Å². The molecule has 1 unspecified atom stereocenters. The van der Waals surface area contributed by atoms with Gasteiger partial charge in [0.1, 0.15) is 0 Å². The van der Waals surface area contributed by atoms with Crippen molar-refractivity contribution >= 4 is 11.6 Å². The van der Waals surface area contributed by atoms with Crippen LogP contribution in [0.2, 0.25) is 5.02 Å². The molecule has 0 fully saturated rings. The molecule has 1 N–H and O–H groups in total. The Kier molecular flexibility index (Phi) is 5.48. The highest BCUT2D eigenvalue weighted by Crippen LogP contribution is 2.22. The molecule has 0 saturated carbocycles. The lowest BCUT2D eigenvalue weighted by Crippen LogP contribution is -2.12. The fourth-order valence-corrected chi connectivity index (χ4v) is 2.12. The van der Waals surface area contributed by atoms with Crippen molar-refractivity contribution in [2.75, 3.05) is 0 Å². The molecule has 17 heavy (non-hydrogen) atoms. The Balaban J connectivity index is 2.32. The van der Waals surface area contributed by atoms with Crippen LogP contribution in [0.1, 0.15) is 45.6 Å². The van der Waals surface area contributed by atoms with Gasteiger partial charge in [0, 0.05) is 5.02 Å². The smallest absolute Gasteiger partial charge is 0.0580 e. The summed E-state index contributed by atoms with van der Waals surface area (Å²) in [6.45, 7) is 6.70. The minimum Gasteiger partial charge on any atom is -0.393 e. The van der Waals surface area contributed by atoms with Gasteiger partial charge in [0.15, 0.2) is 0 Å². The maximum Gasteiger partial charge on any atom is 0.0580 e. The third-order valence-corrected chi connectivity index (χ3v) is 3.06. The number of aliphatic hydroxyl groups excluding tert-OH is 1. The quantitative estimate of drug-likeness (QED) is 0.823. The molecule has 0 aliphatic rings. The third kappa shape index (κ3) is 6.70. The molecule has 0 heterocycles. The highest BCUT2D eigenvalue weighted by atomic mass is 35.5. The van der Waals surface area contributed by atoms with Gasteiger partial charge in [-0.05, 0) is 42.4 Å². The van der Waals surface area contributed by atoms with Gasteiger partial charge in [-0.2, -0.15) is 0 Å². The van der Waals surface area contributed by atoms with E-state index in [2.05, 4.69) is 20.8 Å². The molecule has 0 radical (unpaired) electrons. The van der Waals surface area contributed by atoms with Crippen LogP contribution in [0.25, 0.3) is 0 Å². The highest BCUT2D eigenvalue weighted by Gasteiger charge is 2.12. The molecule has 0 saturated heterocycles. The van der Waals surface area contributed by atoms with Crippen molar-refractivity contribution in [3.05, 3.63) is 34.9 Å². The van der Waals surface area contributed by atoms with Crippen LogP contribution < -0.4 is 0 Å². The number of benzene rings is 1. The van der Waals surface area contributed by atoms with Crippen LogP contribution in [0.4, 0.5) is 0 Å². The molecule has 0 aliphatic carbocycles. The summed E-state index contributed by atoms with van der Waals surface area (Å²) in [4.78, 5) is 0. The summed E-state index contributed by atoms with van der Waals surface area (Å²) in [6, 6.07) is 7.73. The Bertz CT molecular complexity index is 341. The van der Waals surface area contributed by atoms with Crippen molar-refractivity contribution in [3.8, 4) is 0 Å². The van der Waals surface area contributed by atoms with Gasteiger partial charge >= 0.3 is 0 Å². The van der Waals surface area contributed by atoms with E-state index in [1.807, 2.05) is 24.3 Å². The molecule has 0 aromatic heterocycles. The first-order valence-corrected chi connectivity index (χ1v) is 6.67. The van der Waals surface area contributed by atoms with E-state index in [0.29, 0.717) is 11.8 Å². The lowest BCUT2D eigenvalue weighted by atomic mass is 9.89. The van der Waals surface area contributed by atoms with Crippen molar-refractivity contribution in [3.63, 3.8) is 0 Å². The molecular weight excluding hydrogens is 232 g/mol. The second kappa shape index (κ2) is 6.42. The van der Waals surface area contributed by atoms with Crippen molar-refractivity contribution in [2.24, 2.45) is 5.41 Å². The van der Waals surface area contributed by atoms with E-state index < -0.39 is 0 Å². The molecule has 1 rings (SSSR count). The summed E-state index contributed by atoms with van der Waals surface area (Å²) in [5, 5.41) is 10.7. The minimum absolute atomic E-state index is 0.254. The number of hydrogen-bond acceptors (Lipinski definition) is 1. The zero-order valence-electron chi connectivity index (χ0n) is 11.0. The summed E-state index contributed by atoms with van der Waals surface area (Å²) >= 11 is 5.91. The first-order chi connectivity index (χ1) is 7.87. The van der Waals surface area contributed by atoms with Crippen LogP contribution >= 0.6 is 11.6 Å². The van der Waals surface area contributed by atoms with E-state index in [1.54, 1.807) is 0 Å². The summed E-state index contributed by atoms with van der Waals surface area (Å²) in [5.41, 5.74) is 1.47. The summed E-state index contributed by atoms with van der Waals surface area (Å²) in [5.74, 6) is 0. The molecule has 96 valence electrons. The van der Waals surface area contributed by atoms with E-state index in [4.69, 9.17) is 11.6 Å². The molecule has 0 bridgehead atoms. The van der Waals surface area contributed by atoms with E-state index >= 15 is 0 Å². The molecule has 0 spiro atoms. The molecule has 0 amide bonds. The molecule has 1 atom stereocenters. The molecule has 2 heteroatoms. The van der Waals surface area contributed by atoms with Gasteiger partial charge in [0.2, 0.25) is 0 Å². The second-order valence-electron chi connectivity index (χ2n) is 5.94. The number of hydrogen-bond donors (Lipinski definition) is 1. The molecule has 1 nitrogen and oxygen atoms in total. The van der Waals surface area contributed by atoms with Crippen LogP contribution in [0.15, 0.2) is 24.3 Å². The lowest BCUT2D eigenvalue weighted by Gasteiger charge is -2.19. The number of halogens is 1. The molecule has 1 aromatic rings. The average molecular weight is 255 g/mol. The fraction of sp³-hybridized carbons (Fsp3) is 0.600. The Morgan fingerprint density at radius 3 is 2.59 bits per heavy atom. The van der Waals surface area contributed by atoms with Gasteiger partial charge in [-0.15, -0.1) is 0 Å². The molecule has 0 aliphatic heterocycles. The van der Waals surface area contributed by atoms with Crippen LogP contribution in [-0.2, 0) is 6.42 Å². The second-order valence-corrected chi connectivity index (χ2v) is 6.38. The first kappa shape index (κ1) is 14.5. The SMILES string of the molecule is CC(C)(C)CCCC(O)Cc1cccc(Cl)c1. The monoisotopic (exact) mass is 254 g/mol. The van der Waals surface area contributed by atoms with Gasteiger partial charge in [-0.3, -0.25) is 0 Å². The fourth-order valence-electron chi connectivity index (χ4n) is 1.91. The highest BCUT2D eigenvalue weighted by molar-refractivity contribution is 6.30. The summed E-state index contributed by atoms with van der Waals surface area (Å²) in [6.07, 6.45) is 3.54. The zero-order valence-corrected chi connectivity index (χ0v) is 11.8. The van der Waals surface area contributed by atoms with Gasteiger partial charge < -0.3 is 5.11 Å². The normalized spacial score (nSPS) is 13.7. The third-order valence-electron chi connectivity index (χ3n) is 2.82. The van der Waals surface area contributed by atoms with Crippen molar-refractivity contribution < 1.29 is 5.11 Å². The van der Waals surface area contributed by atoms with Crippen molar-refractivity contribution in [1.29, 1.82) is 0 Å². The first-order valence-electron chi connectivity index (χ1n) is 6.29. The maximum atomic E-state index is 9.95. The van der Waals surface area contributed by atoms with E-state index in [1.165, 1.54) is 0 Å².